The third kappa shape index (κ3) is 7.38. The molecule has 0 spiro atoms. The maximum Gasteiger partial charge on any atom is 0.303 e. The van der Waals surface area contributed by atoms with Gasteiger partial charge in [0.1, 0.15) is 30.8 Å². The van der Waals surface area contributed by atoms with E-state index in [0.717, 1.165) is 12.7 Å². The Morgan fingerprint density at radius 3 is 2.32 bits per heavy atom. The van der Waals surface area contributed by atoms with Crippen LogP contribution in [0, 0.1) is 11.3 Å². The minimum absolute atomic E-state index is 0.117. The van der Waals surface area contributed by atoms with Crippen molar-refractivity contribution in [3.05, 3.63) is 59.7 Å². The molecule has 0 aliphatic carbocycles. The van der Waals surface area contributed by atoms with Crippen LogP contribution in [0.1, 0.15) is 17.5 Å². The molecule has 2 rings (SSSR count). The summed E-state index contributed by atoms with van der Waals surface area (Å²) in [6.45, 7) is 0.688. The summed E-state index contributed by atoms with van der Waals surface area (Å²) >= 11 is 0. The number of benzene rings is 2. The van der Waals surface area contributed by atoms with E-state index in [0.29, 0.717) is 36.7 Å². The lowest BCUT2D eigenvalue weighted by atomic mass is 10.1. The van der Waals surface area contributed by atoms with Crippen molar-refractivity contribution >= 4 is 5.97 Å². The highest BCUT2D eigenvalue weighted by molar-refractivity contribution is 5.67. The fourth-order valence-corrected chi connectivity index (χ4v) is 2.00. The van der Waals surface area contributed by atoms with Crippen LogP contribution < -0.4 is 9.47 Å². The maximum absolute atomic E-state index is 10.5. The number of carboxylic acids is 1. The van der Waals surface area contributed by atoms with E-state index in [2.05, 4.69) is 6.07 Å². The zero-order valence-electron chi connectivity index (χ0n) is 14.0. The van der Waals surface area contributed by atoms with Gasteiger partial charge in [-0.25, -0.2) is 0 Å². The van der Waals surface area contributed by atoms with Crippen molar-refractivity contribution in [3.8, 4) is 17.6 Å². The molecule has 0 heterocycles. The van der Waals surface area contributed by atoms with Crippen LogP contribution in [0.2, 0.25) is 0 Å². The second-order valence-electron chi connectivity index (χ2n) is 4.84. The molecule has 0 saturated carbocycles. The number of nitriles is 1. The highest BCUT2D eigenvalue weighted by Crippen LogP contribution is 2.17. The minimum atomic E-state index is -0.805. The van der Waals surface area contributed by atoms with Gasteiger partial charge in [0.15, 0.2) is 0 Å². The monoisotopic (exact) mass is 343 g/mol. The van der Waals surface area contributed by atoms with Crippen LogP contribution in [-0.4, -0.2) is 36.5 Å². The molecule has 0 radical (unpaired) electrons. The van der Waals surface area contributed by atoms with Gasteiger partial charge in [-0.1, -0.05) is 24.3 Å². The van der Waals surface area contributed by atoms with Crippen molar-refractivity contribution in [2.75, 3.05) is 20.3 Å². The van der Waals surface area contributed by atoms with Gasteiger partial charge >= 0.3 is 5.97 Å². The Morgan fingerprint density at radius 1 is 1.04 bits per heavy atom. The normalized spacial score (nSPS) is 9.32. The number of aryl methyl sites for hydroxylation is 1. The first-order valence-electron chi connectivity index (χ1n) is 7.69. The third-order valence-corrected chi connectivity index (χ3v) is 3.17. The predicted octanol–water partition coefficient (Wildman–Crippen LogP) is 2.64. The number of aliphatic hydroxyl groups is 1. The first kappa shape index (κ1) is 20.0. The average molecular weight is 343 g/mol. The van der Waals surface area contributed by atoms with Crippen molar-refractivity contribution in [3.63, 3.8) is 0 Å². The molecule has 0 aromatic heterocycles. The number of nitrogens with zero attached hydrogens (tertiary/aromatic N) is 1. The Kier molecular flexibility index (Phi) is 9.19. The predicted molar refractivity (Wildman–Crippen MR) is 92.7 cm³/mol. The molecular formula is C19H21NO5. The van der Waals surface area contributed by atoms with Gasteiger partial charge in [-0.05, 0) is 36.2 Å². The van der Waals surface area contributed by atoms with Gasteiger partial charge in [0.25, 0.3) is 0 Å². The highest BCUT2D eigenvalue weighted by Gasteiger charge is 2.02. The molecule has 0 fully saturated rings. The van der Waals surface area contributed by atoms with Gasteiger partial charge in [0.05, 0.1) is 5.56 Å². The van der Waals surface area contributed by atoms with Gasteiger partial charge in [-0.3, -0.25) is 4.79 Å². The average Bonchev–Trinajstić information content (AvgIpc) is 2.66. The summed E-state index contributed by atoms with van der Waals surface area (Å²) in [6, 6.07) is 16.4. The van der Waals surface area contributed by atoms with Gasteiger partial charge in [0.2, 0.25) is 0 Å². The molecule has 0 unspecified atom stereocenters. The van der Waals surface area contributed by atoms with Crippen molar-refractivity contribution in [2.45, 2.75) is 12.8 Å². The minimum Gasteiger partial charge on any atom is -0.490 e. The van der Waals surface area contributed by atoms with E-state index in [4.69, 9.17) is 24.9 Å². The second kappa shape index (κ2) is 11.5. The molecule has 0 amide bonds. The smallest absolute Gasteiger partial charge is 0.303 e. The Hall–Kier alpha value is -3.04. The van der Waals surface area contributed by atoms with E-state index < -0.39 is 5.97 Å². The molecule has 6 heteroatoms. The molecule has 0 aliphatic rings. The van der Waals surface area contributed by atoms with E-state index in [-0.39, 0.29) is 6.42 Å². The summed E-state index contributed by atoms with van der Waals surface area (Å²) in [5.74, 6) is 0.434. The SMILES string of the molecule is CO.N#Cc1ccccc1OCCOc1ccc(CCC(=O)O)cc1. The summed E-state index contributed by atoms with van der Waals surface area (Å²) in [4.78, 5) is 10.5. The lowest BCUT2D eigenvalue weighted by Crippen LogP contribution is -2.09. The van der Waals surface area contributed by atoms with Crippen LogP contribution in [-0.2, 0) is 11.2 Å². The van der Waals surface area contributed by atoms with Crippen LogP contribution >= 0.6 is 0 Å². The number of carbonyl (C=O) groups is 1. The number of hydrogen-bond acceptors (Lipinski definition) is 5. The topological polar surface area (TPSA) is 99.8 Å². The van der Waals surface area contributed by atoms with Gasteiger partial charge in [-0.15, -0.1) is 0 Å². The lowest BCUT2D eigenvalue weighted by Gasteiger charge is -2.09. The zero-order valence-corrected chi connectivity index (χ0v) is 14.0. The molecule has 2 aromatic rings. The lowest BCUT2D eigenvalue weighted by molar-refractivity contribution is -0.136. The Morgan fingerprint density at radius 2 is 1.68 bits per heavy atom. The third-order valence-electron chi connectivity index (χ3n) is 3.17. The summed E-state index contributed by atoms with van der Waals surface area (Å²) in [7, 11) is 1.00. The molecule has 0 bridgehead atoms. The zero-order chi connectivity index (χ0) is 18.5. The standard InChI is InChI=1S/C18H17NO4.CH4O/c19-13-15-3-1-2-4-17(15)23-12-11-22-16-8-5-14(6-9-16)7-10-18(20)21;1-2/h1-6,8-9H,7,10-12H2,(H,20,21);2H,1H3. The molecular weight excluding hydrogens is 322 g/mol. The van der Waals surface area contributed by atoms with Crippen LogP contribution in [0.15, 0.2) is 48.5 Å². The number of para-hydroxylation sites is 1. The number of aliphatic carboxylic acids is 1. The molecule has 25 heavy (non-hydrogen) atoms. The Balaban J connectivity index is 0.00000151. The van der Waals surface area contributed by atoms with E-state index in [1.165, 1.54) is 0 Å². The van der Waals surface area contributed by atoms with Crippen LogP contribution in [0.5, 0.6) is 11.5 Å². The first-order chi connectivity index (χ1) is 12.2. The van der Waals surface area contributed by atoms with Crippen molar-refractivity contribution in [2.24, 2.45) is 0 Å². The summed E-state index contributed by atoms with van der Waals surface area (Å²) in [5.41, 5.74) is 1.45. The van der Waals surface area contributed by atoms with Gasteiger partial charge in [-0.2, -0.15) is 5.26 Å². The van der Waals surface area contributed by atoms with Gasteiger partial charge in [0, 0.05) is 13.5 Å². The number of aliphatic hydroxyl groups excluding tert-OH is 1. The van der Waals surface area contributed by atoms with E-state index in [9.17, 15) is 4.79 Å². The molecule has 0 aliphatic heterocycles. The van der Waals surface area contributed by atoms with E-state index >= 15 is 0 Å². The van der Waals surface area contributed by atoms with E-state index in [1.807, 2.05) is 18.2 Å². The molecule has 0 atom stereocenters. The number of hydrogen-bond donors (Lipinski definition) is 2. The fraction of sp³-hybridized carbons (Fsp3) is 0.263. The Bertz CT molecular complexity index is 692. The van der Waals surface area contributed by atoms with E-state index in [1.54, 1.807) is 30.3 Å². The largest absolute Gasteiger partial charge is 0.490 e. The molecule has 2 aromatic carbocycles. The maximum atomic E-state index is 10.5. The summed E-state index contributed by atoms with van der Waals surface area (Å²) in [5, 5.41) is 24.6. The molecule has 6 nitrogen and oxygen atoms in total. The van der Waals surface area contributed by atoms with Crippen molar-refractivity contribution < 1.29 is 24.5 Å². The van der Waals surface area contributed by atoms with Crippen molar-refractivity contribution in [1.82, 2.24) is 0 Å². The fourth-order valence-electron chi connectivity index (χ4n) is 2.00. The number of carboxylic acid groups (broad SMARTS) is 1. The quantitative estimate of drug-likeness (QED) is 0.715. The van der Waals surface area contributed by atoms with Crippen LogP contribution in [0.25, 0.3) is 0 Å². The summed E-state index contributed by atoms with van der Waals surface area (Å²) < 4.78 is 11.1. The number of ether oxygens (including phenoxy) is 2. The number of rotatable bonds is 8. The molecule has 0 saturated heterocycles. The Labute approximate surface area is 146 Å². The second-order valence-corrected chi connectivity index (χ2v) is 4.84. The van der Waals surface area contributed by atoms with Gasteiger partial charge < -0.3 is 19.7 Å². The van der Waals surface area contributed by atoms with Crippen LogP contribution in [0.3, 0.4) is 0 Å². The summed E-state index contributed by atoms with van der Waals surface area (Å²) in [6.07, 6.45) is 0.621. The molecule has 2 N–H and O–H groups in total. The van der Waals surface area contributed by atoms with Crippen LogP contribution in [0.4, 0.5) is 0 Å². The van der Waals surface area contributed by atoms with Crippen molar-refractivity contribution in [1.29, 1.82) is 5.26 Å². The molecule has 132 valence electrons. The first-order valence-corrected chi connectivity index (χ1v) is 7.69. The highest BCUT2D eigenvalue weighted by atomic mass is 16.5.